The van der Waals surface area contributed by atoms with Crippen LogP contribution in [0.4, 0.5) is 4.79 Å². The largest absolute Gasteiger partial charge is 0.445 e. The van der Waals surface area contributed by atoms with E-state index in [0.29, 0.717) is 25.2 Å². The molecule has 0 aliphatic heterocycles. The van der Waals surface area contributed by atoms with Crippen molar-refractivity contribution in [3.05, 3.63) is 114 Å². The molecular formula is C34H37N5O3. The van der Waals surface area contributed by atoms with E-state index in [2.05, 4.69) is 36.8 Å². The summed E-state index contributed by atoms with van der Waals surface area (Å²) < 4.78 is 7.39. The van der Waals surface area contributed by atoms with Crippen LogP contribution < -0.4 is 5.32 Å². The zero-order valence-corrected chi connectivity index (χ0v) is 24.2. The van der Waals surface area contributed by atoms with E-state index in [1.807, 2.05) is 59.2 Å². The Morgan fingerprint density at radius 2 is 1.90 bits per heavy atom. The van der Waals surface area contributed by atoms with Gasteiger partial charge in [-0.15, -0.1) is 0 Å². The predicted octanol–water partition coefficient (Wildman–Crippen LogP) is 5.85. The minimum absolute atomic E-state index is 0.106. The number of fused-ring (bicyclic) bond motifs is 1. The van der Waals surface area contributed by atoms with Crippen LogP contribution in [0.25, 0.3) is 10.8 Å². The van der Waals surface area contributed by atoms with Gasteiger partial charge in [-0.3, -0.25) is 4.79 Å². The number of nitrogens with zero attached hydrogens (tertiary/aromatic N) is 4. The van der Waals surface area contributed by atoms with E-state index in [-0.39, 0.29) is 30.9 Å². The molecule has 0 aliphatic carbocycles. The van der Waals surface area contributed by atoms with Gasteiger partial charge in [-0.05, 0) is 39.9 Å². The van der Waals surface area contributed by atoms with Crippen LogP contribution in [0.1, 0.15) is 42.7 Å². The van der Waals surface area contributed by atoms with Crippen molar-refractivity contribution in [3.8, 4) is 6.07 Å². The van der Waals surface area contributed by atoms with Crippen LogP contribution >= 0.6 is 0 Å². The molecule has 0 fully saturated rings. The van der Waals surface area contributed by atoms with E-state index in [0.717, 1.165) is 34.0 Å². The summed E-state index contributed by atoms with van der Waals surface area (Å²) in [5.74, 6) is -0.0359. The van der Waals surface area contributed by atoms with Gasteiger partial charge in [-0.2, -0.15) is 5.26 Å². The molecule has 0 spiro atoms. The highest BCUT2D eigenvalue weighted by molar-refractivity contribution is 5.86. The van der Waals surface area contributed by atoms with Crippen LogP contribution in [0.15, 0.2) is 91.9 Å². The summed E-state index contributed by atoms with van der Waals surface area (Å²) in [5.41, 5.74) is 3.39. The molecule has 8 nitrogen and oxygen atoms in total. The summed E-state index contributed by atoms with van der Waals surface area (Å²) >= 11 is 0. The molecule has 0 aliphatic rings. The Bertz CT molecular complexity index is 1550. The zero-order valence-electron chi connectivity index (χ0n) is 24.2. The van der Waals surface area contributed by atoms with E-state index < -0.39 is 6.09 Å². The number of carbonyl (C=O) groups excluding carboxylic acids is 2. The first-order valence-electron chi connectivity index (χ1n) is 14.2. The molecule has 0 bridgehead atoms. The Labute approximate surface area is 247 Å². The van der Waals surface area contributed by atoms with Gasteiger partial charge in [0.15, 0.2) is 0 Å². The Morgan fingerprint density at radius 1 is 1.14 bits per heavy atom. The van der Waals surface area contributed by atoms with Crippen molar-refractivity contribution in [1.82, 2.24) is 19.8 Å². The Morgan fingerprint density at radius 3 is 2.64 bits per heavy atom. The summed E-state index contributed by atoms with van der Waals surface area (Å²) in [4.78, 5) is 32.5. The van der Waals surface area contributed by atoms with Gasteiger partial charge in [0.25, 0.3) is 0 Å². The molecule has 1 aromatic heterocycles. The van der Waals surface area contributed by atoms with Gasteiger partial charge in [-0.25, -0.2) is 9.78 Å². The molecule has 1 N–H and O–H groups in total. The predicted molar refractivity (Wildman–Crippen MR) is 163 cm³/mol. The number of ether oxygens (including phenoxy) is 1. The number of nitriles is 1. The number of amides is 2. The maximum atomic E-state index is 13.3. The Balaban J connectivity index is 1.49. The van der Waals surface area contributed by atoms with E-state index in [1.165, 1.54) is 0 Å². The summed E-state index contributed by atoms with van der Waals surface area (Å²) in [5, 5.41) is 14.4. The number of nitrogens with one attached hydrogen (secondary N) is 1. The van der Waals surface area contributed by atoms with Crippen LogP contribution in [0.2, 0.25) is 0 Å². The highest BCUT2D eigenvalue weighted by Crippen LogP contribution is 2.21. The molecule has 42 heavy (non-hydrogen) atoms. The molecule has 0 radical (unpaired) electrons. The number of imidazole rings is 1. The van der Waals surface area contributed by atoms with Gasteiger partial charge >= 0.3 is 6.09 Å². The lowest BCUT2D eigenvalue weighted by Gasteiger charge is -2.31. The molecule has 1 heterocycles. The van der Waals surface area contributed by atoms with Crippen LogP contribution in [-0.4, -0.2) is 45.6 Å². The number of benzene rings is 3. The van der Waals surface area contributed by atoms with Crippen molar-refractivity contribution in [2.45, 2.75) is 45.8 Å². The first-order chi connectivity index (χ1) is 20.4. The summed E-state index contributed by atoms with van der Waals surface area (Å²) in [6.07, 6.45) is 5.46. The maximum Gasteiger partial charge on any atom is 0.410 e. The molecule has 3 aromatic carbocycles. The van der Waals surface area contributed by atoms with Crippen molar-refractivity contribution < 1.29 is 14.3 Å². The minimum atomic E-state index is -0.453. The third kappa shape index (κ3) is 7.85. The second-order valence-electron chi connectivity index (χ2n) is 10.4. The second-order valence-corrected chi connectivity index (χ2v) is 10.4. The summed E-state index contributed by atoms with van der Waals surface area (Å²) in [6.45, 7) is 9.09. The van der Waals surface area contributed by atoms with E-state index >= 15 is 0 Å². The molecule has 0 saturated heterocycles. The first-order valence-corrected chi connectivity index (χ1v) is 14.2. The number of hydrogen-bond acceptors (Lipinski definition) is 5. The third-order valence-corrected chi connectivity index (χ3v) is 7.49. The van der Waals surface area contributed by atoms with Crippen LogP contribution in [-0.2, 0) is 29.0 Å². The van der Waals surface area contributed by atoms with E-state index in [9.17, 15) is 9.59 Å². The topological polar surface area (TPSA) is 100 Å². The minimum Gasteiger partial charge on any atom is -0.445 e. The number of rotatable bonds is 13. The number of hydrogen-bond donors (Lipinski definition) is 1. The fourth-order valence-corrected chi connectivity index (χ4v) is 4.89. The van der Waals surface area contributed by atoms with Crippen molar-refractivity contribution in [2.24, 2.45) is 5.92 Å². The number of carbonyl (C=O) groups is 2. The fourth-order valence-electron chi connectivity index (χ4n) is 4.89. The van der Waals surface area contributed by atoms with E-state index in [4.69, 9.17) is 10.00 Å². The lowest BCUT2D eigenvalue weighted by atomic mass is 9.97. The standard InChI is InChI=1S/C34H37N5O3/c1-4-17-42-34(41)38(22-29-11-8-10-28-9-6-7-12-31(28)29)23-32(25(3)5-2)37-33(40)18-30-20-36-24-39(30)21-27-15-13-26(19-35)14-16-27/h4,6-16,20,24-25,32H,1,5,17-18,21-23H2,2-3H3,(H,37,40)/t25?,32-/m1/s1. The maximum absolute atomic E-state index is 13.3. The second kappa shape index (κ2) is 14.6. The number of aromatic nitrogens is 2. The van der Waals surface area contributed by atoms with Crippen molar-refractivity contribution in [2.75, 3.05) is 13.2 Å². The first kappa shape index (κ1) is 30.1. The van der Waals surface area contributed by atoms with Gasteiger partial charge < -0.3 is 19.5 Å². The van der Waals surface area contributed by atoms with Crippen LogP contribution in [0, 0.1) is 17.2 Å². The Hall–Kier alpha value is -4.90. The van der Waals surface area contributed by atoms with Gasteiger partial charge in [0, 0.05) is 37.6 Å². The fraction of sp³-hybridized carbons (Fsp3) is 0.294. The van der Waals surface area contributed by atoms with Crippen molar-refractivity contribution >= 4 is 22.8 Å². The lowest BCUT2D eigenvalue weighted by Crippen LogP contribution is -2.49. The zero-order chi connectivity index (χ0) is 29.9. The highest BCUT2D eigenvalue weighted by atomic mass is 16.6. The average Bonchev–Trinajstić information content (AvgIpc) is 3.44. The molecule has 216 valence electrons. The van der Waals surface area contributed by atoms with E-state index in [1.54, 1.807) is 35.6 Å². The molecule has 2 amide bonds. The summed E-state index contributed by atoms with van der Waals surface area (Å²) in [7, 11) is 0. The van der Waals surface area contributed by atoms with Crippen molar-refractivity contribution in [1.29, 1.82) is 5.26 Å². The molecule has 1 unspecified atom stereocenters. The molecule has 4 aromatic rings. The Kier molecular flexibility index (Phi) is 10.5. The normalized spacial score (nSPS) is 12.2. The van der Waals surface area contributed by atoms with Gasteiger partial charge in [0.1, 0.15) is 6.61 Å². The smallest absolute Gasteiger partial charge is 0.410 e. The van der Waals surface area contributed by atoms with Gasteiger partial charge in [-0.1, -0.05) is 87.5 Å². The van der Waals surface area contributed by atoms with Gasteiger partial charge in [0.05, 0.1) is 24.4 Å². The highest BCUT2D eigenvalue weighted by Gasteiger charge is 2.26. The third-order valence-electron chi connectivity index (χ3n) is 7.49. The quantitative estimate of drug-likeness (QED) is 0.206. The molecule has 8 heteroatoms. The molecule has 2 atom stereocenters. The molecule has 4 rings (SSSR count). The van der Waals surface area contributed by atoms with Gasteiger partial charge in [0.2, 0.25) is 5.91 Å². The lowest BCUT2D eigenvalue weighted by molar-refractivity contribution is -0.121. The monoisotopic (exact) mass is 563 g/mol. The average molecular weight is 564 g/mol. The SMILES string of the molecule is C=CCOC(=O)N(Cc1cccc2ccccc12)C[C@@H](NC(=O)Cc1cncn1Cc1ccc(C#N)cc1)C(C)CC. The van der Waals surface area contributed by atoms with Crippen LogP contribution in [0.5, 0.6) is 0 Å². The summed E-state index contributed by atoms with van der Waals surface area (Å²) in [6, 6.07) is 23.3. The molecular weight excluding hydrogens is 526 g/mol. The van der Waals surface area contributed by atoms with Crippen LogP contribution in [0.3, 0.4) is 0 Å². The van der Waals surface area contributed by atoms with Crippen molar-refractivity contribution in [3.63, 3.8) is 0 Å². The molecule has 0 saturated carbocycles.